The first-order chi connectivity index (χ1) is 6.52. The Labute approximate surface area is 92.2 Å². The van der Waals surface area contributed by atoms with Gasteiger partial charge in [-0.15, -0.1) is 0 Å². The van der Waals surface area contributed by atoms with Crippen molar-refractivity contribution >= 4 is 17.2 Å². The van der Waals surface area contributed by atoms with Gasteiger partial charge in [0.15, 0.2) is 0 Å². The van der Waals surface area contributed by atoms with Crippen LogP contribution in [-0.2, 0) is 0 Å². The van der Waals surface area contributed by atoms with E-state index in [-0.39, 0.29) is 6.04 Å². The Kier molecular flexibility index (Phi) is 4.29. The average molecular weight is 215 g/mol. The molecule has 0 aromatic heterocycles. The minimum atomic E-state index is 0.258. The second-order valence-electron chi connectivity index (χ2n) is 4.31. The SMILES string of the molecule is CC(C(N)=S)N1CCC(N(C)C)CC1. The van der Waals surface area contributed by atoms with Crippen molar-refractivity contribution in [3.05, 3.63) is 0 Å². The van der Waals surface area contributed by atoms with Crippen LogP contribution < -0.4 is 5.73 Å². The van der Waals surface area contributed by atoms with E-state index in [1.807, 2.05) is 0 Å². The highest BCUT2D eigenvalue weighted by Gasteiger charge is 2.24. The van der Waals surface area contributed by atoms with Crippen LogP contribution in [0.3, 0.4) is 0 Å². The monoisotopic (exact) mass is 215 g/mol. The molecule has 1 aliphatic rings. The van der Waals surface area contributed by atoms with Crippen LogP contribution in [0, 0.1) is 0 Å². The highest BCUT2D eigenvalue weighted by atomic mass is 32.1. The summed E-state index contributed by atoms with van der Waals surface area (Å²) in [5.41, 5.74) is 5.64. The van der Waals surface area contributed by atoms with Crippen LogP contribution in [0.2, 0.25) is 0 Å². The van der Waals surface area contributed by atoms with E-state index in [1.165, 1.54) is 12.8 Å². The molecular formula is C10H21N3S. The third-order valence-electron chi connectivity index (χ3n) is 3.19. The maximum absolute atomic E-state index is 5.64. The molecule has 2 N–H and O–H groups in total. The molecule has 1 heterocycles. The summed E-state index contributed by atoms with van der Waals surface area (Å²) in [6.07, 6.45) is 2.44. The lowest BCUT2D eigenvalue weighted by atomic mass is 10.0. The molecule has 1 saturated heterocycles. The number of nitrogens with zero attached hydrogens (tertiary/aromatic N) is 2. The van der Waals surface area contributed by atoms with Crippen LogP contribution in [0.1, 0.15) is 19.8 Å². The van der Waals surface area contributed by atoms with E-state index >= 15 is 0 Å². The fourth-order valence-corrected chi connectivity index (χ4v) is 2.12. The second kappa shape index (κ2) is 5.05. The first-order valence-electron chi connectivity index (χ1n) is 5.22. The van der Waals surface area contributed by atoms with Gasteiger partial charge in [-0.2, -0.15) is 0 Å². The Morgan fingerprint density at radius 1 is 1.43 bits per heavy atom. The second-order valence-corrected chi connectivity index (χ2v) is 4.78. The largest absolute Gasteiger partial charge is 0.392 e. The van der Waals surface area contributed by atoms with E-state index in [0.717, 1.165) is 19.1 Å². The van der Waals surface area contributed by atoms with Crippen molar-refractivity contribution in [2.24, 2.45) is 5.73 Å². The van der Waals surface area contributed by atoms with E-state index in [9.17, 15) is 0 Å². The van der Waals surface area contributed by atoms with Crippen LogP contribution in [0.15, 0.2) is 0 Å². The lowest BCUT2D eigenvalue weighted by Gasteiger charge is -2.37. The molecule has 0 bridgehead atoms. The minimum absolute atomic E-state index is 0.258. The molecule has 14 heavy (non-hydrogen) atoms. The van der Waals surface area contributed by atoms with Crippen molar-refractivity contribution in [3.63, 3.8) is 0 Å². The highest BCUT2D eigenvalue weighted by molar-refractivity contribution is 7.80. The van der Waals surface area contributed by atoms with Crippen LogP contribution in [0.4, 0.5) is 0 Å². The molecule has 0 aliphatic carbocycles. The Balaban J connectivity index is 2.39. The number of rotatable bonds is 3. The molecule has 0 amide bonds. The number of hydrogen-bond acceptors (Lipinski definition) is 3. The van der Waals surface area contributed by atoms with Crippen molar-refractivity contribution in [1.82, 2.24) is 9.80 Å². The summed E-state index contributed by atoms with van der Waals surface area (Å²) in [5.74, 6) is 0. The molecule has 0 radical (unpaired) electrons. The summed E-state index contributed by atoms with van der Waals surface area (Å²) >= 11 is 5.01. The fourth-order valence-electron chi connectivity index (χ4n) is 1.97. The Hall–Kier alpha value is -0.190. The molecule has 0 saturated carbocycles. The predicted octanol–water partition coefficient (Wildman–Crippen LogP) is 0.687. The Morgan fingerprint density at radius 3 is 2.29 bits per heavy atom. The molecule has 1 fully saturated rings. The first-order valence-corrected chi connectivity index (χ1v) is 5.63. The maximum atomic E-state index is 5.64. The van der Waals surface area contributed by atoms with E-state index in [2.05, 4.69) is 30.8 Å². The molecule has 0 aromatic rings. The lowest BCUT2D eigenvalue weighted by molar-refractivity contribution is 0.135. The fraction of sp³-hybridized carbons (Fsp3) is 0.900. The molecule has 3 nitrogen and oxygen atoms in total. The Morgan fingerprint density at radius 2 is 1.93 bits per heavy atom. The van der Waals surface area contributed by atoms with Gasteiger partial charge in [0.25, 0.3) is 0 Å². The summed E-state index contributed by atoms with van der Waals surface area (Å²) in [5, 5.41) is 0. The number of likely N-dealkylation sites (tertiary alicyclic amines) is 1. The van der Waals surface area contributed by atoms with Gasteiger partial charge < -0.3 is 10.6 Å². The standard InChI is InChI=1S/C10H21N3S/c1-8(10(11)14)13-6-4-9(5-7-13)12(2)3/h8-9H,4-7H2,1-3H3,(H2,11,14). The van der Waals surface area contributed by atoms with Crippen LogP contribution in [-0.4, -0.2) is 54.1 Å². The van der Waals surface area contributed by atoms with Crippen molar-refractivity contribution in [2.45, 2.75) is 31.8 Å². The van der Waals surface area contributed by atoms with E-state index < -0.39 is 0 Å². The predicted molar refractivity (Wildman–Crippen MR) is 64.5 cm³/mol. The van der Waals surface area contributed by atoms with Gasteiger partial charge in [-0.05, 0) is 33.9 Å². The summed E-state index contributed by atoms with van der Waals surface area (Å²) in [6.45, 7) is 4.32. The number of hydrogen-bond donors (Lipinski definition) is 1. The third-order valence-corrected chi connectivity index (χ3v) is 3.53. The zero-order valence-corrected chi connectivity index (χ0v) is 10.2. The minimum Gasteiger partial charge on any atom is -0.392 e. The van der Waals surface area contributed by atoms with Gasteiger partial charge >= 0.3 is 0 Å². The molecular weight excluding hydrogens is 194 g/mol. The summed E-state index contributed by atoms with van der Waals surface area (Å²) in [6, 6.07) is 0.984. The number of nitrogens with two attached hydrogens (primary N) is 1. The molecule has 1 aliphatic heterocycles. The first kappa shape index (κ1) is 11.9. The lowest BCUT2D eigenvalue weighted by Crippen LogP contribution is -2.49. The van der Waals surface area contributed by atoms with E-state index in [1.54, 1.807) is 0 Å². The van der Waals surface area contributed by atoms with E-state index in [4.69, 9.17) is 18.0 Å². The van der Waals surface area contributed by atoms with Crippen molar-refractivity contribution in [1.29, 1.82) is 0 Å². The molecule has 1 atom stereocenters. The van der Waals surface area contributed by atoms with Crippen LogP contribution >= 0.6 is 12.2 Å². The van der Waals surface area contributed by atoms with Crippen LogP contribution in [0.5, 0.6) is 0 Å². The smallest absolute Gasteiger partial charge is 0.0899 e. The summed E-state index contributed by atoms with van der Waals surface area (Å²) in [4.78, 5) is 5.30. The molecule has 1 rings (SSSR count). The average Bonchev–Trinajstić information content (AvgIpc) is 2.16. The van der Waals surface area contributed by atoms with Gasteiger partial charge in [-0.3, -0.25) is 4.90 Å². The normalized spacial score (nSPS) is 22.6. The topological polar surface area (TPSA) is 32.5 Å². The van der Waals surface area contributed by atoms with E-state index in [0.29, 0.717) is 4.99 Å². The molecule has 4 heteroatoms. The van der Waals surface area contributed by atoms with Crippen molar-refractivity contribution < 1.29 is 0 Å². The van der Waals surface area contributed by atoms with Crippen molar-refractivity contribution in [2.75, 3.05) is 27.2 Å². The molecule has 1 unspecified atom stereocenters. The molecule has 0 spiro atoms. The number of piperidine rings is 1. The highest BCUT2D eigenvalue weighted by Crippen LogP contribution is 2.16. The Bertz CT molecular complexity index is 198. The zero-order chi connectivity index (χ0) is 10.7. The van der Waals surface area contributed by atoms with Gasteiger partial charge in [-0.25, -0.2) is 0 Å². The maximum Gasteiger partial charge on any atom is 0.0899 e. The van der Waals surface area contributed by atoms with Gasteiger partial charge in [0.05, 0.1) is 11.0 Å². The van der Waals surface area contributed by atoms with Gasteiger partial charge in [0.1, 0.15) is 0 Å². The van der Waals surface area contributed by atoms with Gasteiger partial charge in [-0.1, -0.05) is 12.2 Å². The molecule has 0 aromatic carbocycles. The van der Waals surface area contributed by atoms with Crippen molar-refractivity contribution in [3.8, 4) is 0 Å². The van der Waals surface area contributed by atoms with Gasteiger partial charge in [0, 0.05) is 19.1 Å². The van der Waals surface area contributed by atoms with Crippen LogP contribution in [0.25, 0.3) is 0 Å². The zero-order valence-electron chi connectivity index (χ0n) is 9.36. The molecule has 82 valence electrons. The summed E-state index contributed by atoms with van der Waals surface area (Å²) < 4.78 is 0. The number of thiocarbonyl (C=S) groups is 1. The quantitative estimate of drug-likeness (QED) is 0.702. The third kappa shape index (κ3) is 2.90. The summed E-state index contributed by atoms with van der Waals surface area (Å²) in [7, 11) is 4.30. The van der Waals surface area contributed by atoms with Gasteiger partial charge in [0.2, 0.25) is 0 Å².